The van der Waals surface area contributed by atoms with Crippen LogP contribution >= 0.6 is 11.8 Å². The molecule has 3 rings (SSSR count). The van der Waals surface area contributed by atoms with Crippen molar-refractivity contribution in [3.05, 3.63) is 23.3 Å². The first kappa shape index (κ1) is 15.5. The summed E-state index contributed by atoms with van der Waals surface area (Å²) in [7, 11) is 0. The molecule has 2 atom stereocenters. The summed E-state index contributed by atoms with van der Waals surface area (Å²) >= 11 is 2.03. The molecule has 0 nitrogen and oxygen atoms in total. The third-order valence-corrected chi connectivity index (χ3v) is 6.37. The Morgan fingerprint density at radius 1 is 1.05 bits per heavy atom. The molecule has 0 bridgehead atoms. The van der Waals surface area contributed by atoms with Crippen molar-refractivity contribution in [2.45, 2.75) is 93.8 Å². The van der Waals surface area contributed by atoms with Crippen LogP contribution in [0.15, 0.2) is 21.9 Å². The molecule has 0 aromatic heterocycles. The van der Waals surface area contributed by atoms with Crippen LogP contribution in [-0.4, -0.2) is 0 Å². The Hall–Kier alpha value is -0.430. The quantitative estimate of drug-likeness (QED) is 0.375. The fourth-order valence-electron chi connectivity index (χ4n) is 4.01. The summed E-state index contributed by atoms with van der Waals surface area (Å²) in [5.74, 6) is 1.80. The van der Waals surface area contributed by atoms with Crippen LogP contribution in [-0.2, 0) is 6.42 Å². The van der Waals surface area contributed by atoms with Crippen LogP contribution in [0.1, 0.15) is 88.7 Å². The molecule has 0 spiro atoms. The summed E-state index contributed by atoms with van der Waals surface area (Å²) in [6, 6.07) is 4.84. The Bertz CT molecular complexity index is 477. The monoisotopic (exact) mass is 302 g/mol. The van der Waals surface area contributed by atoms with Crippen LogP contribution in [0.4, 0.5) is 0 Å². The molecule has 1 aliphatic carbocycles. The SMILES string of the molecule is CCCCCCCCc1c(C2CCC(C)C2)ccc2c1S2. The average Bonchev–Trinajstić information content (AvgIpc) is 3.16. The Labute approximate surface area is 135 Å². The number of benzene rings is 1. The summed E-state index contributed by atoms with van der Waals surface area (Å²) in [4.78, 5) is 3.21. The fraction of sp³-hybridized carbons (Fsp3) is 0.700. The predicted octanol–water partition coefficient (Wildman–Crippen LogP) is 6.96. The lowest BCUT2D eigenvalue weighted by Gasteiger charge is -2.15. The van der Waals surface area contributed by atoms with Crippen molar-refractivity contribution in [1.82, 2.24) is 0 Å². The Morgan fingerprint density at radius 3 is 2.62 bits per heavy atom. The molecule has 0 amide bonds. The van der Waals surface area contributed by atoms with Crippen LogP contribution in [0.2, 0.25) is 0 Å². The second-order valence-corrected chi connectivity index (χ2v) is 8.25. The summed E-state index contributed by atoms with van der Waals surface area (Å²) < 4.78 is 0. The molecule has 0 radical (unpaired) electrons. The lowest BCUT2D eigenvalue weighted by atomic mass is 9.90. The van der Waals surface area contributed by atoms with E-state index < -0.39 is 0 Å². The molecule has 1 aliphatic heterocycles. The largest absolute Gasteiger partial charge is 0.0874 e. The lowest BCUT2D eigenvalue weighted by molar-refractivity contribution is 0.588. The van der Waals surface area contributed by atoms with E-state index in [9.17, 15) is 0 Å². The van der Waals surface area contributed by atoms with Crippen molar-refractivity contribution < 1.29 is 0 Å². The van der Waals surface area contributed by atoms with Crippen LogP contribution in [0.5, 0.6) is 0 Å². The zero-order valence-corrected chi connectivity index (χ0v) is 14.6. The van der Waals surface area contributed by atoms with E-state index in [2.05, 4.69) is 26.0 Å². The van der Waals surface area contributed by atoms with Crippen LogP contribution in [0.25, 0.3) is 0 Å². The van der Waals surface area contributed by atoms with E-state index in [1.165, 1.54) is 64.2 Å². The zero-order valence-electron chi connectivity index (χ0n) is 13.8. The summed E-state index contributed by atoms with van der Waals surface area (Å²) in [6.45, 7) is 4.73. The smallest absolute Gasteiger partial charge is 0.0297 e. The fourth-order valence-corrected chi connectivity index (χ4v) is 4.85. The molecule has 21 heavy (non-hydrogen) atoms. The maximum Gasteiger partial charge on any atom is 0.0297 e. The number of hydrogen-bond acceptors (Lipinski definition) is 1. The van der Waals surface area contributed by atoms with E-state index in [1.807, 2.05) is 11.8 Å². The molecule has 0 N–H and O–H groups in total. The molecule has 1 aromatic carbocycles. The van der Waals surface area contributed by atoms with E-state index in [-0.39, 0.29) is 0 Å². The van der Waals surface area contributed by atoms with E-state index in [0.717, 1.165) is 11.8 Å². The van der Waals surface area contributed by atoms with Crippen molar-refractivity contribution in [2.24, 2.45) is 5.92 Å². The van der Waals surface area contributed by atoms with Crippen LogP contribution < -0.4 is 0 Å². The van der Waals surface area contributed by atoms with Gasteiger partial charge in [0.15, 0.2) is 0 Å². The summed E-state index contributed by atoms with van der Waals surface area (Å²) in [5, 5.41) is 0. The third-order valence-electron chi connectivity index (χ3n) is 5.35. The minimum absolute atomic E-state index is 0.863. The molecular weight excluding hydrogens is 272 g/mol. The van der Waals surface area contributed by atoms with E-state index >= 15 is 0 Å². The second kappa shape index (κ2) is 7.22. The van der Waals surface area contributed by atoms with Gasteiger partial charge in [-0.15, -0.1) is 0 Å². The standard InChI is InChI=1S/C20H30S/c1-3-4-5-6-7-8-9-18-17(12-13-19-20(18)21-19)16-11-10-15(2)14-16/h12-13,15-16H,3-11,14H2,1-2H3. The molecule has 2 unspecified atom stereocenters. The van der Waals surface area contributed by atoms with Crippen LogP contribution in [0.3, 0.4) is 0 Å². The number of hydrogen-bond donors (Lipinski definition) is 0. The number of fused-ring (bicyclic) bond motifs is 1. The van der Waals surface area contributed by atoms with Gasteiger partial charge in [-0.2, -0.15) is 0 Å². The van der Waals surface area contributed by atoms with Gasteiger partial charge in [0.05, 0.1) is 0 Å². The highest BCUT2D eigenvalue weighted by Crippen LogP contribution is 2.54. The normalized spacial score (nSPS) is 23.3. The van der Waals surface area contributed by atoms with Crippen molar-refractivity contribution in [3.8, 4) is 0 Å². The van der Waals surface area contributed by atoms with E-state index in [4.69, 9.17) is 0 Å². The minimum Gasteiger partial charge on any atom is -0.0874 e. The van der Waals surface area contributed by atoms with Gasteiger partial charge in [0.25, 0.3) is 0 Å². The molecule has 1 saturated carbocycles. The molecule has 1 fully saturated rings. The highest BCUT2D eigenvalue weighted by molar-refractivity contribution is 8.05. The maximum absolute atomic E-state index is 2.47. The highest BCUT2D eigenvalue weighted by atomic mass is 32.2. The lowest BCUT2D eigenvalue weighted by Crippen LogP contribution is -2.00. The second-order valence-electron chi connectivity index (χ2n) is 7.20. The number of rotatable bonds is 8. The van der Waals surface area contributed by atoms with Gasteiger partial charge in [-0.1, -0.05) is 70.2 Å². The maximum atomic E-state index is 2.47. The Kier molecular flexibility index (Phi) is 5.32. The van der Waals surface area contributed by atoms with Crippen molar-refractivity contribution >= 4 is 11.8 Å². The van der Waals surface area contributed by atoms with Gasteiger partial charge in [-0.05, 0) is 54.7 Å². The van der Waals surface area contributed by atoms with E-state index in [0.29, 0.717) is 0 Å². The minimum atomic E-state index is 0.863. The van der Waals surface area contributed by atoms with Crippen LogP contribution in [0, 0.1) is 5.92 Å². The van der Waals surface area contributed by atoms with Crippen molar-refractivity contribution in [2.75, 3.05) is 0 Å². The first-order valence-electron chi connectivity index (χ1n) is 9.13. The van der Waals surface area contributed by atoms with Gasteiger partial charge in [0, 0.05) is 9.79 Å². The van der Waals surface area contributed by atoms with Gasteiger partial charge < -0.3 is 0 Å². The van der Waals surface area contributed by atoms with Gasteiger partial charge in [-0.25, -0.2) is 0 Å². The molecule has 116 valence electrons. The number of unbranched alkanes of at least 4 members (excludes halogenated alkanes) is 5. The van der Waals surface area contributed by atoms with Gasteiger partial charge in [-0.3, -0.25) is 0 Å². The summed E-state index contributed by atoms with van der Waals surface area (Å²) in [6.07, 6.45) is 14.1. The van der Waals surface area contributed by atoms with Gasteiger partial charge in [0.2, 0.25) is 0 Å². The topological polar surface area (TPSA) is 0 Å². The zero-order chi connectivity index (χ0) is 14.7. The summed E-state index contributed by atoms with van der Waals surface area (Å²) in [5.41, 5.74) is 3.46. The first-order valence-corrected chi connectivity index (χ1v) is 9.95. The molecule has 1 aromatic rings. The van der Waals surface area contributed by atoms with Crippen molar-refractivity contribution in [3.63, 3.8) is 0 Å². The molecule has 0 saturated heterocycles. The predicted molar refractivity (Wildman–Crippen MR) is 93.4 cm³/mol. The van der Waals surface area contributed by atoms with Gasteiger partial charge >= 0.3 is 0 Å². The molecule has 1 heterocycles. The molecule has 2 aliphatic rings. The van der Waals surface area contributed by atoms with Crippen molar-refractivity contribution in [1.29, 1.82) is 0 Å². The van der Waals surface area contributed by atoms with Gasteiger partial charge in [0.1, 0.15) is 0 Å². The highest BCUT2D eigenvalue weighted by Gasteiger charge is 2.30. The molecular formula is C20H30S. The van der Waals surface area contributed by atoms with E-state index in [1.54, 1.807) is 20.9 Å². The Morgan fingerprint density at radius 2 is 1.86 bits per heavy atom. The third kappa shape index (κ3) is 3.86. The Balaban J connectivity index is 1.57. The molecule has 1 heteroatoms. The first-order chi connectivity index (χ1) is 10.3. The average molecular weight is 303 g/mol.